The van der Waals surface area contributed by atoms with Crippen molar-refractivity contribution in [1.29, 1.82) is 0 Å². The maximum Gasteiger partial charge on any atom is 0.410 e. The van der Waals surface area contributed by atoms with Gasteiger partial charge in [0, 0.05) is 43.3 Å². The molecule has 202 valence electrons. The smallest absolute Gasteiger partial charge is 0.410 e. The normalized spacial score (nSPS) is 28.9. The zero-order chi connectivity index (χ0) is 26.5. The van der Waals surface area contributed by atoms with Gasteiger partial charge in [-0.15, -0.1) is 0 Å². The lowest BCUT2D eigenvalue weighted by Crippen LogP contribution is -2.59. The maximum atomic E-state index is 13.4. The van der Waals surface area contributed by atoms with Crippen molar-refractivity contribution in [2.24, 2.45) is 0 Å². The third-order valence-corrected chi connectivity index (χ3v) is 8.12. The number of aromatic nitrogens is 1. The number of hydrogen-bond acceptors (Lipinski definition) is 7. The summed E-state index contributed by atoms with van der Waals surface area (Å²) in [6.07, 6.45) is 5.38. The Bertz CT molecular complexity index is 1130. The molecule has 9 nitrogen and oxygen atoms in total. The van der Waals surface area contributed by atoms with Crippen molar-refractivity contribution in [2.45, 2.75) is 103 Å². The van der Waals surface area contributed by atoms with E-state index < -0.39 is 5.60 Å². The molecular formula is C28H41N5O4. The largest absolute Gasteiger partial charge is 0.444 e. The lowest BCUT2D eigenvalue weighted by Gasteiger charge is -2.47. The van der Waals surface area contributed by atoms with Gasteiger partial charge in [-0.1, -0.05) is 12.5 Å². The second-order valence-corrected chi connectivity index (χ2v) is 12.2. The van der Waals surface area contributed by atoms with Gasteiger partial charge in [-0.2, -0.15) is 4.98 Å². The van der Waals surface area contributed by atoms with Crippen LogP contribution < -0.4 is 10.2 Å². The van der Waals surface area contributed by atoms with Gasteiger partial charge in [0.25, 0.3) is 11.9 Å². The maximum absolute atomic E-state index is 13.4. The highest BCUT2D eigenvalue weighted by Crippen LogP contribution is 2.34. The first-order valence-electron chi connectivity index (χ1n) is 13.7. The highest BCUT2D eigenvalue weighted by Gasteiger charge is 2.38. The number of nitrogens with zero attached hydrogens (tertiary/aromatic N) is 4. The molecule has 1 aromatic heterocycles. The molecule has 37 heavy (non-hydrogen) atoms. The Morgan fingerprint density at radius 3 is 2.35 bits per heavy atom. The summed E-state index contributed by atoms with van der Waals surface area (Å²) in [6, 6.07) is 7.24. The van der Waals surface area contributed by atoms with Crippen LogP contribution in [0.3, 0.4) is 0 Å². The average molecular weight is 512 g/mol. The Morgan fingerprint density at radius 2 is 1.73 bits per heavy atom. The molecule has 2 amide bonds. The Kier molecular flexibility index (Phi) is 6.85. The Morgan fingerprint density at radius 1 is 1.08 bits per heavy atom. The van der Waals surface area contributed by atoms with E-state index >= 15 is 0 Å². The first-order chi connectivity index (χ1) is 17.5. The van der Waals surface area contributed by atoms with Gasteiger partial charge in [-0.05, 0) is 79.5 Å². The number of piperazine rings is 1. The molecule has 3 aliphatic rings. The predicted octanol–water partition coefficient (Wildman–Crippen LogP) is 4.41. The van der Waals surface area contributed by atoms with Crippen LogP contribution in [0, 0.1) is 0 Å². The predicted molar refractivity (Wildman–Crippen MR) is 143 cm³/mol. The van der Waals surface area contributed by atoms with Gasteiger partial charge in [0.15, 0.2) is 5.58 Å². The minimum atomic E-state index is -0.537. The van der Waals surface area contributed by atoms with Gasteiger partial charge in [-0.3, -0.25) is 4.79 Å². The molecule has 3 saturated heterocycles. The summed E-state index contributed by atoms with van der Waals surface area (Å²) in [5, 5.41) is 3.30. The van der Waals surface area contributed by atoms with Crippen LogP contribution in [0.1, 0.15) is 77.1 Å². The van der Waals surface area contributed by atoms with Gasteiger partial charge in [-0.25, -0.2) is 4.79 Å². The second-order valence-electron chi connectivity index (χ2n) is 12.2. The first-order valence-corrected chi connectivity index (χ1v) is 13.7. The monoisotopic (exact) mass is 511 g/mol. The summed E-state index contributed by atoms with van der Waals surface area (Å²) >= 11 is 0. The molecule has 4 unspecified atom stereocenters. The van der Waals surface area contributed by atoms with E-state index in [4.69, 9.17) is 14.1 Å². The average Bonchev–Trinajstić information content (AvgIpc) is 3.21. The van der Waals surface area contributed by atoms with Gasteiger partial charge >= 0.3 is 6.09 Å². The SMILES string of the molecule is CC1CN(C(=O)OC(C)(C)C)CC(C)N1c1nc2c(C(=O)NC3CC4CCCC(C3)N4C)cccc2o1. The van der Waals surface area contributed by atoms with Gasteiger partial charge in [0.05, 0.1) is 5.56 Å². The Balaban J connectivity index is 1.31. The fourth-order valence-electron chi connectivity index (χ4n) is 6.40. The number of oxazole rings is 1. The summed E-state index contributed by atoms with van der Waals surface area (Å²) in [6.45, 7) is 10.7. The number of carbonyl (C=O) groups excluding carboxylic acids is 2. The summed E-state index contributed by atoms with van der Waals surface area (Å²) in [7, 11) is 2.22. The van der Waals surface area contributed by atoms with Crippen LogP contribution in [0.2, 0.25) is 0 Å². The van der Waals surface area contributed by atoms with E-state index in [1.165, 1.54) is 19.3 Å². The van der Waals surface area contributed by atoms with Crippen LogP contribution in [0.5, 0.6) is 0 Å². The quantitative estimate of drug-likeness (QED) is 0.653. The highest BCUT2D eigenvalue weighted by molar-refractivity contribution is 6.04. The summed E-state index contributed by atoms with van der Waals surface area (Å²) in [5.41, 5.74) is 1.18. The number of rotatable bonds is 3. The van der Waals surface area contributed by atoms with E-state index in [2.05, 4.69) is 22.2 Å². The topological polar surface area (TPSA) is 91.1 Å². The van der Waals surface area contributed by atoms with E-state index in [0.717, 1.165) is 12.8 Å². The minimum Gasteiger partial charge on any atom is -0.444 e. The number of para-hydroxylation sites is 1. The molecule has 2 bridgehead atoms. The molecule has 1 N–H and O–H groups in total. The van der Waals surface area contributed by atoms with Crippen LogP contribution in [-0.2, 0) is 4.74 Å². The number of amides is 2. The molecule has 4 atom stereocenters. The van der Waals surface area contributed by atoms with Crippen molar-refractivity contribution in [3.63, 3.8) is 0 Å². The summed E-state index contributed by atoms with van der Waals surface area (Å²) in [4.78, 5) is 37.2. The number of fused-ring (bicyclic) bond motifs is 3. The van der Waals surface area contributed by atoms with Crippen LogP contribution in [0.15, 0.2) is 22.6 Å². The number of hydrogen-bond donors (Lipinski definition) is 1. The minimum absolute atomic E-state index is 0.0276. The molecule has 2 aromatic rings. The number of benzene rings is 1. The molecule has 0 aliphatic carbocycles. The van der Waals surface area contributed by atoms with Crippen molar-refractivity contribution in [2.75, 3.05) is 25.0 Å². The van der Waals surface area contributed by atoms with E-state index in [0.29, 0.717) is 47.9 Å². The Hall–Kier alpha value is -2.81. The third-order valence-electron chi connectivity index (χ3n) is 8.12. The van der Waals surface area contributed by atoms with Gasteiger partial charge in [0.2, 0.25) is 0 Å². The fourth-order valence-corrected chi connectivity index (χ4v) is 6.40. The van der Waals surface area contributed by atoms with Gasteiger partial charge in [0.1, 0.15) is 11.1 Å². The van der Waals surface area contributed by atoms with Crippen LogP contribution >= 0.6 is 0 Å². The van der Waals surface area contributed by atoms with E-state index in [9.17, 15) is 9.59 Å². The van der Waals surface area contributed by atoms with Crippen molar-refractivity contribution in [1.82, 2.24) is 20.1 Å². The Labute approximate surface area is 219 Å². The lowest BCUT2D eigenvalue weighted by atomic mass is 9.82. The van der Waals surface area contributed by atoms with Crippen molar-refractivity contribution in [3.05, 3.63) is 23.8 Å². The lowest BCUT2D eigenvalue weighted by molar-refractivity contribution is 0.0189. The van der Waals surface area contributed by atoms with E-state index in [1.54, 1.807) is 4.90 Å². The first kappa shape index (κ1) is 25.8. The van der Waals surface area contributed by atoms with Crippen molar-refractivity contribution in [3.8, 4) is 0 Å². The molecule has 1 aromatic carbocycles. The highest BCUT2D eigenvalue weighted by atomic mass is 16.6. The molecule has 0 spiro atoms. The molecule has 5 rings (SSSR count). The van der Waals surface area contributed by atoms with Crippen molar-refractivity contribution >= 4 is 29.1 Å². The van der Waals surface area contributed by atoms with Crippen LogP contribution in [0.4, 0.5) is 10.8 Å². The third kappa shape index (κ3) is 5.28. The molecule has 0 radical (unpaired) electrons. The zero-order valence-corrected chi connectivity index (χ0v) is 23.0. The molecule has 3 aliphatic heterocycles. The molecule has 0 saturated carbocycles. The van der Waals surface area contributed by atoms with Gasteiger partial charge < -0.3 is 29.2 Å². The van der Waals surface area contributed by atoms with E-state index in [1.807, 2.05) is 52.8 Å². The molecule has 4 heterocycles. The second kappa shape index (κ2) is 9.82. The van der Waals surface area contributed by atoms with Crippen LogP contribution in [-0.4, -0.2) is 82.7 Å². The standard InChI is InChI=1S/C28H41N5O4/c1-17-15-32(27(35)37-28(3,4)5)16-18(2)33(17)26-30-24-22(11-8-12-23(24)36-26)25(34)29-19-13-20-9-7-10-21(14-19)31(20)6/h8,11-12,17-21H,7,9-10,13-16H2,1-6H3,(H,29,34). The molecule has 9 heteroatoms. The number of piperidine rings is 2. The number of carbonyl (C=O) groups is 2. The zero-order valence-electron chi connectivity index (χ0n) is 23.0. The molecular weight excluding hydrogens is 470 g/mol. The van der Waals surface area contributed by atoms with Crippen LogP contribution in [0.25, 0.3) is 11.1 Å². The van der Waals surface area contributed by atoms with Crippen molar-refractivity contribution < 1.29 is 18.7 Å². The summed E-state index contributed by atoms with van der Waals surface area (Å²) < 4.78 is 11.8. The van der Waals surface area contributed by atoms with E-state index in [-0.39, 0.29) is 30.1 Å². The number of ether oxygens (including phenoxy) is 1. The summed E-state index contributed by atoms with van der Waals surface area (Å²) in [5.74, 6) is -0.0890. The molecule has 3 fully saturated rings. The number of anilines is 1. The number of nitrogens with one attached hydrogen (secondary N) is 1. The fraction of sp³-hybridized carbons (Fsp3) is 0.679.